The van der Waals surface area contributed by atoms with Crippen LogP contribution in [0.3, 0.4) is 0 Å². The third-order valence-electron chi connectivity index (χ3n) is 2.04. The van der Waals surface area contributed by atoms with E-state index in [1.165, 1.54) is 0 Å². The normalized spacial score (nSPS) is 32.2. The van der Waals surface area contributed by atoms with Crippen LogP contribution in [-0.4, -0.2) is 19.8 Å². The van der Waals surface area contributed by atoms with Crippen LogP contribution in [0.5, 0.6) is 0 Å². The second-order valence-electron chi connectivity index (χ2n) is 3.46. The van der Waals surface area contributed by atoms with Gasteiger partial charge < -0.3 is 0 Å². The highest BCUT2D eigenvalue weighted by Gasteiger charge is 2.39. The number of hydrogen-bond donors (Lipinski definition) is 0. The van der Waals surface area contributed by atoms with Crippen LogP contribution in [0.15, 0.2) is 0 Å². The first-order valence-electron chi connectivity index (χ1n) is 3.77. The van der Waals surface area contributed by atoms with E-state index < -0.39 is 15.7 Å². The largest absolute Gasteiger partial charge is 0.267 e. The Morgan fingerprint density at radius 1 is 1.58 bits per heavy atom. The third-order valence-corrected chi connectivity index (χ3v) is 3.46. The van der Waals surface area contributed by atoms with E-state index in [1.54, 1.807) is 13.8 Å². The van der Waals surface area contributed by atoms with Gasteiger partial charge in [0.05, 0.1) is 17.3 Å². The van der Waals surface area contributed by atoms with Gasteiger partial charge in [0.15, 0.2) is 0 Å². The molecular weight excluding hydrogens is 176 g/mol. The van der Waals surface area contributed by atoms with Gasteiger partial charge in [-0.1, -0.05) is 0 Å². The summed E-state index contributed by atoms with van der Waals surface area (Å²) in [6.07, 6.45) is 5.73. The predicted molar refractivity (Wildman–Crippen MR) is 45.9 cm³/mol. The monoisotopic (exact) mass is 188 g/mol. The van der Waals surface area contributed by atoms with Crippen LogP contribution in [-0.2, 0) is 14.3 Å². The topological polar surface area (TPSA) is 43.4 Å². The molecule has 0 spiro atoms. The summed E-state index contributed by atoms with van der Waals surface area (Å²) < 4.78 is 27.0. The van der Waals surface area contributed by atoms with Crippen LogP contribution in [0.4, 0.5) is 0 Å². The van der Waals surface area contributed by atoms with Crippen molar-refractivity contribution in [3.05, 3.63) is 0 Å². The molecule has 1 aliphatic rings. The summed E-state index contributed by atoms with van der Waals surface area (Å²) in [5, 5.41) is 0. The van der Waals surface area contributed by atoms with E-state index in [1.807, 2.05) is 0 Å². The highest BCUT2D eigenvalue weighted by Crippen LogP contribution is 2.31. The van der Waals surface area contributed by atoms with Gasteiger partial charge in [0.25, 0.3) is 10.1 Å². The van der Waals surface area contributed by atoms with Crippen LogP contribution in [0.1, 0.15) is 20.3 Å². The van der Waals surface area contributed by atoms with E-state index in [2.05, 4.69) is 5.92 Å². The predicted octanol–water partition coefficient (Wildman–Crippen LogP) is 0.764. The standard InChI is InChI=1S/C8H12O3S/c1-4-7-5-6-12(9,10)11-8(7,2)3/h1,7H,5-6H2,2-3H3. The quantitative estimate of drug-likeness (QED) is 0.416. The molecular formula is C8H12O3S. The summed E-state index contributed by atoms with van der Waals surface area (Å²) in [5.74, 6) is 2.47. The zero-order valence-corrected chi connectivity index (χ0v) is 8.02. The second kappa shape index (κ2) is 2.75. The maximum atomic E-state index is 11.0. The maximum absolute atomic E-state index is 11.0. The lowest BCUT2D eigenvalue weighted by molar-refractivity contribution is 0.0609. The van der Waals surface area contributed by atoms with Gasteiger partial charge in [-0.3, -0.25) is 4.18 Å². The highest BCUT2D eigenvalue weighted by molar-refractivity contribution is 7.86. The molecule has 68 valence electrons. The minimum absolute atomic E-state index is 0.0330. The van der Waals surface area contributed by atoms with Gasteiger partial charge in [-0.15, -0.1) is 12.3 Å². The lowest BCUT2D eigenvalue weighted by Crippen LogP contribution is -2.42. The summed E-state index contributed by atoms with van der Waals surface area (Å²) in [4.78, 5) is 0. The summed E-state index contributed by atoms with van der Waals surface area (Å²) in [6.45, 7) is 3.41. The molecule has 0 aromatic rings. The Morgan fingerprint density at radius 2 is 2.17 bits per heavy atom. The highest BCUT2D eigenvalue weighted by atomic mass is 32.2. The molecule has 0 aliphatic carbocycles. The van der Waals surface area contributed by atoms with E-state index in [-0.39, 0.29) is 11.7 Å². The minimum Gasteiger partial charge on any atom is -0.263 e. The molecule has 1 aliphatic heterocycles. The van der Waals surface area contributed by atoms with Crippen molar-refractivity contribution in [1.29, 1.82) is 0 Å². The van der Waals surface area contributed by atoms with Gasteiger partial charge in [-0.25, -0.2) is 0 Å². The Bertz CT molecular complexity index is 308. The fourth-order valence-corrected chi connectivity index (χ4v) is 2.70. The first kappa shape index (κ1) is 9.56. The van der Waals surface area contributed by atoms with Crippen molar-refractivity contribution < 1.29 is 12.6 Å². The smallest absolute Gasteiger partial charge is 0.263 e. The molecule has 1 rings (SSSR count). The molecule has 12 heavy (non-hydrogen) atoms. The van der Waals surface area contributed by atoms with Crippen molar-refractivity contribution in [1.82, 2.24) is 0 Å². The zero-order valence-electron chi connectivity index (χ0n) is 7.20. The molecule has 0 bridgehead atoms. The average molecular weight is 188 g/mol. The van der Waals surface area contributed by atoms with Crippen molar-refractivity contribution in [2.45, 2.75) is 25.9 Å². The molecule has 0 amide bonds. The van der Waals surface area contributed by atoms with E-state index in [0.29, 0.717) is 6.42 Å². The molecule has 0 N–H and O–H groups in total. The van der Waals surface area contributed by atoms with E-state index in [9.17, 15) is 8.42 Å². The van der Waals surface area contributed by atoms with Crippen molar-refractivity contribution in [2.75, 3.05) is 5.75 Å². The Morgan fingerprint density at radius 3 is 2.58 bits per heavy atom. The van der Waals surface area contributed by atoms with E-state index >= 15 is 0 Å². The Balaban J connectivity index is 2.90. The molecule has 0 saturated carbocycles. The van der Waals surface area contributed by atoms with Crippen LogP contribution in [0, 0.1) is 18.3 Å². The molecule has 1 unspecified atom stereocenters. The van der Waals surface area contributed by atoms with E-state index in [0.717, 1.165) is 0 Å². The van der Waals surface area contributed by atoms with Crippen LogP contribution >= 0.6 is 0 Å². The van der Waals surface area contributed by atoms with Gasteiger partial charge in [0, 0.05) is 0 Å². The summed E-state index contributed by atoms with van der Waals surface area (Å²) >= 11 is 0. The summed E-state index contributed by atoms with van der Waals surface area (Å²) in [5.41, 5.74) is -0.744. The molecule has 4 heteroatoms. The van der Waals surface area contributed by atoms with Crippen LogP contribution in [0.2, 0.25) is 0 Å². The number of hydrogen-bond acceptors (Lipinski definition) is 3. The molecule has 1 saturated heterocycles. The van der Waals surface area contributed by atoms with Gasteiger partial charge in [-0.2, -0.15) is 8.42 Å². The number of rotatable bonds is 0. The first-order chi connectivity index (χ1) is 5.37. The van der Waals surface area contributed by atoms with E-state index in [4.69, 9.17) is 10.6 Å². The maximum Gasteiger partial charge on any atom is 0.267 e. The SMILES string of the molecule is C#CC1CCS(=O)(=O)OC1(C)C. The third kappa shape index (κ3) is 1.79. The van der Waals surface area contributed by atoms with Crippen molar-refractivity contribution in [3.8, 4) is 12.3 Å². The fraction of sp³-hybridized carbons (Fsp3) is 0.750. The van der Waals surface area contributed by atoms with Gasteiger partial charge in [0.2, 0.25) is 0 Å². The molecule has 0 aromatic carbocycles. The molecule has 3 nitrogen and oxygen atoms in total. The van der Waals surface area contributed by atoms with Crippen molar-refractivity contribution in [2.24, 2.45) is 5.92 Å². The Kier molecular flexibility index (Phi) is 2.19. The fourth-order valence-electron chi connectivity index (χ4n) is 1.32. The Hall–Kier alpha value is -0.530. The molecule has 0 aromatic heterocycles. The zero-order chi connectivity index (χ0) is 9.41. The summed E-state index contributed by atoms with van der Waals surface area (Å²) in [6, 6.07) is 0. The van der Waals surface area contributed by atoms with Gasteiger partial charge in [-0.05, 0) is 20.3 Å². The van der Waals surface area contributed by atoms with Gasteiger partial charge in [0.1, 0.15) is 0 Å². The van der Waals surface area contributed by atoms with Crippen LogP contribution in [0.25, 0.3) is 0 Å². The summed E-state index contributed by atoms with van der Waals surface area (Å²) in [7, 11) is -3.33. The Labute approximate surface area is 73.2 Å². The van der Waals surface area contributed by atoms with Crippen molar-refractivity contribution >= 4 is 10.1 Å². The average Bonchev–Trinajstić information content (AvgIpc) is 1.83. The lowest BCUT2D eigenvalue weighted by atomic mass is 9.89. The number of terminal acetylenes is 1. The lowest BCUT2D eigenvalue weighted by Gasteiger charge is -2.34. The minimum atomic E-state index is -3.33. The molecule has 1 fully saturated rings. The van der Waals surface area contributed by atoms with Crippen LogP contribution < -0.4 is 0 Å². The first-order valence-corrected chi connectivity index (χ1v) is 5.34. The molecule has 1 heterocycles. The second-order valence-corrected chi connectivity index (χ2v) is 5.15. The molecule has 1 atom stereocenters. The van der Waals surface area contributed by atoms with Gasteiger partial charge >= 0.3 is 0 Å². The molecule has 0 radical (unpaired) electrons. The van der Waals surface area contributed by atoms with Crippen molar-refractivity contribution in [3.63, 3.8) is 0 Å².